The van der Waals surface area contributed by atoms with E-state index in [4.69, 9.17) is 14.7 Å². The molecule has 0 saturated carbocycles. The predicted molar refractivity (Wildman–Crippen MR) is 138 cm³/mol. The first-order chi connectivity index (χ1) is 17.1. The number of aromatic amines is 1. The monoisotopic (exact) mass is 466 g/mol. The van der Waals surface area contributed by atoms with E-state index in [1.54, 1.807) is 6.20 Å². The van der Waals surface area contributed by atoms with Crippen LogP contribution in [0.2, 0.25) is 0 Å². The van der Waals surface area contributed by atoms with Crippen molar-refractivity contribution in [2.75, 3.05) is 11.9 Å². The van der Waals surface area contributed by atoms with Crippen molar-refractivity contribution in [1.29, 1.82) is 0 Å². The van der Waals surface area contributed by atoms with Crippen molar-refractivity contribution < 1.29 is 9.53 Å². The third-order valence-electron chi connectivity index (χ3n) is 5.79. The number of fused-ring (bicyclic) bond motifs is 2. The highest BCUT2D eigenvalue weighted by atomic mass is 16.5. The number of amides is 1. The van der Waals surface area contributed by atoms with Crippen LogP contribution < -0.4 is 15.4 Å². The van der Waals surface area contributed by atoms with Crippen molar-refractivity contribution in [3.63, 3.8) is 0 Å². The Balaban J connectivity index is 1.43. The maximum absolute atomic E-state index is 12.1. The number of rotatable bonds is 8. The first-order valence-electron chi connectivity index (χ1n) is 11.6. The average molecular weight is 467 g/mol. The van der Waals surface area contributed by atoms with Crippen LogP contribution in [-0.2, 0) is 4.79 Å². The van der Waals surface area contributed by atoms with Gasteiger partial charge in [0, 0.05) is 28.1 Å². The van der Waals surface area contributed by atoms with Crippen LogP contribution in [0.25, 0.3) is 33.2 Å². The van der Waals surface area contributed by atoms with Gasteiger partial charge in [0.05, 0.1) is 17.2 Å². The smallest absolute Gasteiger partial charge is 0.258 e. The molecule has 3 N–H and O–H groups in total. The summed E-state index contributed by atoms with van der Waals surface area (Å²) in [5, 5.41) is 15.3. The lowest BCUT2D eigenvalue weighted by atomic mass is 10.1. The van der Waals surface area contributed by atoms with E-state index >= 15 is 0 Å². The molecule has 2 aromatic heterocycles. The van der Waals surface area contributed by atoms with Crippen LogP contribution in [0.4, 0.5) is 11.5 Å². The van der Waals surface area contributed by atoms with Gasteiger partial charge in [0.15, 0.2) is 12.4 Å². The zero-order chi connectivity index (χ0) is 24.2. The fourth-order valence-electron chi connectivity index (χ4n) is 3.75. The van der Waals surface area contributed by atoms with E-state index < -0.39 is 0 Å². The van der Waals surface area contributed by atoms with Crippen molar-refractivity contribution in [1.82, 2.24) is 25.5 Å². The van der Waals surface area contributed by atoms with E-state index in [0.717, 1.165) is 39.5 Å². The van der Waals surface area contributed by atoms with E-state index in [0.29, 0.717) is 17.4 Å². The third kappa shape index (κ3) is 5.06. The molecule has 0 radical (unpaired) electrons. The number of ether oxygens (including phenoxy) is 1. The Labute approximate surface area is 202 Å². The lowest BCUT2D eigenvalue weighted by molar-refractivity contribution is -0.123. The van der Waals surface area contributed by atoms with Gasteiger partial charge >= 0.3 is 0 Å². The number of carbonyl (C=O) groups is 1. The maximum Gasteiger partial charge on any atom is 0.258 e. The number of aromatic nitrogens is 4. The SMILES string of the molecule is CC[C@@H](C)NC(=O)COc1cccc(-c2nc(Nc3ccc4[nH]ncc4c3)c3ccccc3n2)c1. The van der Waals surface area contributed by atoms with Gasteiger partial charge < -0.3 is 15.4 Å². The summed E-state index contributed by atoms with van der Waals surface area (Å²) >= 11 is 0. The molecule has 3 aromatic carbocycles. The normalized spacial score (nSPS) is 11.9. The van der Waals surface area contributed by atoms with Gasteiger partial charge in [0.25, 0.3) is 5.91 Å². The van der Waals surface area contributed by atoms with Gasteiger partial charge in [0.2, 0.25) is 0 Å². The first-order valence-corrected chi connectivity index (χ1v) is 11.6. The Bertz CT molecular complexity index is 1500. The number of nitrogens with zero attached hydrogens (tertiary/aromatic N) is 3. The Morgan fingerprint density at radius 2 is 1.94 bits per heavy atom. The molecule has 0 aliphatic rings. The van der Waals surface area contributed by atoms with E-state index in [2.05, 4.69) is 20.8 Å². The van der Waals surface area contributed by atoms with Gasteiger partial charge in [-0.1, -0.05) is 31.2 Å². The van der Waals surface area contributed by atoms with Crippen LogP contribution >= 0.6 is 0 Å². The van der Waals surface area contributed by atoms with E-state index in [1.807, 2.05) is 80.6 Å². The molecule has 5 rings (SSSR count). The number of nitrogens with one attached hydrogen (secondary N) is 3. The second-order valence-electron chi connectivity index (χ2n) is 8.40. The highest BCUT2D eigenvalue weighted by Gasteiger charge is 2.12. The number of hydrogen-bond donors (Lipinski definition) is 3. The van der Waals surface area contributed by atoms with Crippen molar-refractivity contribution in [2.45, 2.75) is 26.3 Å². The predicted octanol–water partition coefficient (Wildman–Crippen LogP) is 5.21. The van der Waals surface area contributed by atoms with Crippen LogP contribution in [0.15, 0.2) is 72.9 Å². The molecule has 5 aromatic rings. The summed E-state index contributed by atoms with van der Waals surface area (Å²) in [4.78, 5) is 21.7. The summed E-state index contributed by atoms with van der Waals surface area (Å²) in [5.74, 6) is 1.70. The van der Waals surface area contributed by atoms with Crippen LogP contribution in [0.3, 0.4) is 0 Å². The molecular formula is C27H26N6O2. The number of anilines is 2. The summed E-state index contributed by atoms with van der Waals surface area (Å²) in [5.41, 5.74) is 3.49. The quantitative estimate of drug-likeness (QED) is 0.290. The number of H-pyrrole nitrogens is 1. The van der Waals surface area contributed by atoms with Crippen molar-refractivity contribution >= 4 is 39.2 Å². The molecule has 1 amide bonds. The molecule has 2 heterocycles. The summed E-state index contributed by atoms with van der Waals surface area (Å²) in [7, 11) is 0. The molecular weight excluding hydrogens is 440 g/mol. The van der Waals surface area contributed by atoms with Gasteiger partial charge in [-0.25, -0.2) is 9.97 Å². The standard InChI is InChI=1S/C27H26N6O2/c1-3-17(2)29-25(34)16-35-21-8-6-7-18(14-21)26-31-24-10-5-4-9-22(24)27(32-26)30-20-11-12-23-19(13-20)15-28-33-23/h4-15,17H,3,16H2,1-2H3,(H,28,33)(H,29,34)(H,30,31,32)/t17-/m1/s1. The Morgan fingerprint density at radius 1 is 1.06 bits per heavy atom. The lowest BCUT2D eigenvalue weighted by Gasteiger charge is -2.13. The molecule has 1 atom stereocenters. The van der Waals surface area contributed by atoms with E-state index in [-0.39, 0.29) is 18.6 Å². The molecule has 8 nitrogen and oxygen atoms in total. The van der Waals surface area contributed by atoms with Gasteiger partial charge in [-0.15, -0.1) is 0 Å². The minimum atomic E-state index is -0.146. The summed E-state index contributed by atoms with van der Waals surface area (Å²) in [6.07, 6.45) is 2.66. The topological polar surface area (TPSA) is 105 Å². The van der Waals surface area contributed by atoms with Crippen molar-refractivity contribution in [3.05, 3.63) is 72.9 Å². The molecule has 0 fully saturated rings. The summed E-state index contributed by atoms with van der Waals surface area (Å²) in [6, 6.07) is 21.4. The van der Waals surface area contributed by atoms with Gasteiger partial charge in [0.1, 0.15) is 11.6 Å². The highest BCUT2D eigenvalue weighted by Crippen LogP contribution is 2.29. The fourth-order valence-corrected chi connectivity index (χ4v) is 3.75. The third-order valence-corrected chi connectivity index (χ3v) is 5.79. The Kier molecular flexibility index (Phi) is 6.26. The minimum absolute atomic E-state index is 0.0460. The first kappa shape index (κ1) is 22.3. The largest absolute Gasteiger partial charge is 0.484 e. The minimum Gasteiger partial charge on any atom is -0.484 e. The number of para-hydroxylation sites is 1. The maximum atomic E-state index is 12.1. The van der Waals surface area contributed by atoms with Crippen molar-refractivity contribution in [3.8, 4) is 17.1 Å². The summed E-state index contributed by atoms with van der Waals surface area (Å²) in [6.45, 7) is 3.95. The Hall–Kier alpha value is -4.46. The molecule has 176 valence electrons. The van der Waals surface area contributed by atoms with Crippen LogP contribution in [0.1, 0.15) is 20.3 Å². The molecule has 8 heteroatoms. The van der Waals surface area contributed by atoms with Crippen LogP contribution in [0, 0.1) is 0 Å². The second kappa shape index (κ2) is 9.80. The van der Waals surface area contributed by atoms with Crippen LogP contribution in [0.5, 0.6) is 5.75 Å². The van der Waals surface area contributed by atoms with E-state index in [1.165, 1.54) is 0 Å². The molecule has 0 unspecified atom stereocenters. The number of carbonyl (C=O) groups excluding carboxylic acids is 1. The number of benzene rings is 3. The lowest BCUT2D eigenvalue weighted by Crippen LogP contribution is -2.35. The van der Waals surface area contributed by atoms with E-state index in [9.17, 15) is 4.79 Å². The molecule has 0 saturated heterocycles. The van der Waals surface area contributed by atoms with Gasteiger partial charge in [-0.3, -0.25) is 9.89 Å². The highest BCUT2D eigenvalue weighted by molar-refractivity contribution is 5.93. The van der Waals surface area contributed by atoms with Gasteiger partial charge in [-0.2, -0.15) is 5.10 Å². The van der Waals surface area contributed by atoms with Crippen molar-refractivity contribution in [2.24, 2.45) is 0 Å². The second-order valence-corrected chi connectivity index (χ2v) is 8.40. The van der Waals surface area contributed by atoms with Gasteiger partial charge in [-0.05, 0) is 55.8 Å². The summed E-state index contributed by atoms with van der Waals surface area (Å²) < 4.78 is 5.73. The zero-order valence-corrected chi connectivity index (χ0v) is 19.6. The van der Waals surface area contributed by atoms with Crippen LogP contribution in [-0.4, -0.2) is 38.7 Å². The molecule has 35 heavy (non-hydrogen) atoms. The zero-order valence-electron chi connectivity index (χ0n) is 19.6. The molecule has 0 spiro atoms. The Morgan fingerprint density at radius 3 is 2.83 bits per heavy atom. The fraction of sp³-hybridized carbons (Fsp3) is 0.185. The molecule has 0 bridgehead atoms. The molecule has 0 aliphatic heterocycles. The number of hydrogen-bond acceptors (Lipinski definition) is 6. The molecule has 0 aliphatic carbocycles. The average Bonchev–Trinajstić information content (AvgIpc) is 3.35.